The van der Waals surface area contributed by atoms with Crippen LogP contribution in [-0.4, -0.2) is 15.9 Å². The van der Waals surface area contributed by atoms with Crippen molar-refractivity contribution in [3.05, 3.63) is 65.5 Å². The molecule has 0 aliphatic carbocycles. The van der Waals surface area contributed by atoms with Crippen molar-refractivity contribution in [3.8, 4) is 0 Å². The predicted octanol–water partition coefficient (Wildman–Crippen LogP) is 3.78. The zero-order valence-corrected chi connectivity index (χ0v) is 11.0. The molecule has 2 aromatic rings. The van der Waals surface area contributed by atoms with E-state index in [9.17, 15) is 0 Å². The van der Waals surface area contributed by atoms with E-state index >= 15 is 0 Å². The molecule has 0 unspecified atom stereocenters. The first kappa shape index (κ1) is 13.0. The minimum absolute atomic E-state index is 0.586. The lowest BCUT2D eigenvalue weighted by Gasteiger charge is -2.07. The van der Waals surface area contributed by atoms with E-state index in [1.807, 2.05) is 43.3 Å². The molecule has 0 saturated carbocycles. The first-order valence-corrected chi connectivity index (χ1v) is 6.08. The zero-order valence-electron chi connectivity index (χ0n) is 11.0. The number of rotatable bonds is 3. The van der Waals surface area contributed by atoms with Gasteiger partial charge in [0.1, 0.15) is 0 Å². The van der Waals surface area contributed by atoms with E-state index in [0.717, 1.165) is 16.7 Å². The zero-order chi connectivity index (χ0) is 13.7. The maximum absolute atomic E-state index is 9.05. The molecule has 1 heterocycles. The summed E-state index contributed by atoms with van der Waals surface area (Å²) < 4.78 is 0. The lowest BCUT2D eigenvalue weighted by Crippen LogP contribution is -1.97. The molecular formula is C16H16N2O. The summed E-state index contributed by atoms with van der Waals surface area (Å²) in [5, 5.41) is 12.4. The Morgan fingerprint density at radius 2 is 1.95 bits per heavy atom. The second kappa shape index (κ2) is 5.96. The quantitative estimate of drug-likeness (QED) is 0.513. The van der Waals surface area contributed by atoms with Gasteiger partial charge >= 0.3 is 0 Å². The second-order valence-electron chi connectivity index (χ2n) is 4.39. The minimum Gasteiger partial charge on any atom is -0.411 e. The average Bonchev–Trinajstić information content (AvgIpc) is 2.45. The van der Waals surface area contributed by atoms with Crippen LogP contribution in [0.3, 0.4) is 0 Å². The number of allylic oxidation sites excluding steroid dienone is 1. The Morgan fingerprint density at radius 3 is 2.58 bits per heavy atom. The van der Waals surface area contributed by atoms with E-state index in [1.54, 1.807) is 19.3 Å². The highest BCUT2D eigenvalue weighted by atomic mass is 16.4. The maximum atomic E-state index is 9.05. The molecule has 3 nitrogen and oxygen atoms in total. The summed E-state index contributed by atoms with van der Waals surface area (Å²) in [5.41, 5.74) is 4.71. The normalized spacial score (nSPS) is 12.5. The molecule has 1 aromatic carbocycles. The van der Waals surface area contributed by atoms with Crippen LogP contribution in [0.15, 0.2) is 53.9 Å². The minimum atomic E-state index is 0.586. The van der Waals surface area contributed by atoms with Gasteiger partial charge in [-0.3, -0.25) is 4.98 Å². The van der Waals surface area contributed by atoms with Crippen LogP contribution in [0, 0.1) is 6.92 Å². The topological polar surface area (TPSA) is 45.5 Å². The lowest BCUT2D eigenvalue weighted by molar-refractivity contribution is 0.319. The van der Waals surface area contributed by atoms with Crippen LogP contribution in [-0.2, 0) is 0 Å². The summed E-state index contributed by atoms with van der Waals surface area (Å²) in [6.07, 6.45) is 5.47. The molecule has 1 N–H and O–H groups in total. The predicted molar refractivity (Wildman–Crippen MR) is 78.2 cm³/mol. The van der Waals surface area contributed by atoms with Crippen LogP contribution in [0.5, 0.6) is 0 Å². The van der Waals surface area contributed by atoms with Gasteiger partial charge in [-0.25, -0.2) is 0 Å². The second-order valence-corrected chi connectivity index (χ2v) is 4.39. The third-order valence-electron chi connectivity index (χ3n) is 2.89. The van der Waals surface area contributed by atoms with Crippen molar-refractivity contribution in [2.75, 3.05) is 0 Å². The van der Waals surface area contributed by atoms with Crippen molar-refractivity contribution in [1.29, 1.82) is 0 Å². The first-order valence-electron chi connectivity index (χ1n) is 6.08. The van der Waals surface area contributed by atoms with Crippen molar-refractivity contribution in [2.45, 2.75) is 13.8 Å². The SMILES string of the molecule is CC(=N/O)/C(=C/c1ccncc1)c1cccc(C)c1. The lowest BCUT2D eigenvalue weighted by atomic mass is 9.98. The molecular weight excluding hydrogens is 236 g/mol. The Morgan fingerprint density at radius 1 is 1.21 bits per heavy atom. The Balaban J connectivity index is 2.51. The molecule has 0 atom stereocenters. The summed E-state index contributed by atoms with van der Waals surface area (Å²) in [4.78, 5) is 4.00. The van der Waals surface area contributed by atoms with Gasteiger partial charge in [0.2, 0.25) is 0 Å². The van der Waals surface area contributed by atoms with Crippen molar-refractivity contribution in [1.82, 2.24) is 4.98 Å². The molecule has 0 aliphatic rings. The summed E-state index contributed by atoms with van der Waals surface area (Å²) in [6.45, 7) is 3.83. The van der Waals surface area contributed by atoms with Crippen LogP contribution >= 0.6 is 0 Å². The standard InChI is InChI=1S/C16H16N2O/c1-12-4-3-5-15(10-12)16(13(2)18-19)11-14-6-8-17-9-7-14/h3-11,19H,1-2H3/b16-11-,18-13-. The summed E-state index contributed by atoms with van der Waals surface area (Å²) >= 11 is 0. The number of oxime groups is 1. The average molecular weight is 252 g/mol. The molecule has 3 heteroatoms. The van der Waals surface area contributed by atoms with Crippen molar-refractivity contribution < 1.29 is 5.21 Å². The van der Waals surface area contributed by atoms with Gasteiger partial charge in [-0.1, -0.05) is 35.0 Å². The van der Waals surface area contributed by atoms with Crippen LogP contribution in [0.2, 0.25) is 0 Å². The first-order chi connectivity index (χ1) is 9.20. The molecule has 0 amide bonds. The van der Waals surface area contributed by atoms with E-state index < -0.39 is 0 Å². The van der Waals surface area contributed by atoms with Gasteiger partial charge in [0, 0.05) is 18.0 Å². The molecule has 1 aromatic heterocycles. The largest absolute Gasteiger partial charge is 0.411 e. The fourth-order valence-electron chi connectivity index (χ4n) is 1.89. The highest BCUT2D eigenvalue weighted by Crippen LogP contribution is 2.20. The maximum Gasteiger partial charge on any atom is 0.0843 e. The Bertz CT molecular complexity index is 616. The number of hydrogen-bond donors (Lipinski definition) is 1. The van der Waals surface area contributed by atoms with E-state index in [-0.39, 0.29) is 0 Å². The number of pyridine rings is 1. The number of aromatic nitrogens is 1. The summed E-state index contributed by atoms with van der Waals surface area (Å²) in [7, 11) is 0. The monoisotopic (exact) mass is 252 g/mol. The Labute approximate surface area is 112 Å². The van der Waals surface area contributed by atoms with E-state index in [2.05, 4.69) is 16.2 Å². The summed E-state index contributed by atoms with van der Waals surface area (Å²) in [5.74, 6) is 0. The van der Waals surface area contributed by atoms with Crippen LogP contribution < -0.4 is 0 Å². The van der Waals surface area contributed by atoms with Gasteiger partial charge in [-0.05, 0) is 43.2 Å². The molecule has 19 heavy (non-hydrogen) atoms. The fraction of sp³-hybridized carbons (Fsp3) is 0.125. The number of nitrogens with zero attached hydrogens (tertiary/aromatic N) is 2. The number of aryl methyl sites for hydroxylation is 1. The van der Waals surface area contributed by atoms with Crippen LogP contribution in [0.1, 0.15) is 23.6 Å². The van der Waals surface area contributed by atoms with Gasteiger partial charge in [-0.15, -0.1) is 0 Å². The number of benzene rings is 1. The smallest absolute Gasteiger partial charge is 0.0843 e. The molecule has 96 valence electrons. The highest BCUT2D eigenvalue weighted by Gasteiger charge is 2.06. The molecule has 0 saturated heterocycles. The van der Waals surface area contributed by atoms with Gasteiger partial charge in [0.25, 0.3) is 0 Å². The van der Waals surface area contributed by atoms with Crippen molar-refractivity contribution in [2.24, 2.45) is 5.16 Å². The summed E-state index contributed by atoms with van der Waals surface area (Å²) in [6, 6.07) is 12.0. The Kier molecular flexibility index (Phi) is 4.08. The van der Waals surface area contributed by atoms with E-state index in [4.69, 9.17) is 5.21 Å². The molecule has 0 aliphatic heterocycles. The third kappa shape index (κ3) is 3.28. The molecule has 0 fully saturated rings. The van der Waals surface area contributed by atoms with Gasteiger partial charge in [-0.2, -0.15) is 0 Å². The van der Waals surface area contributed by atoms with Crippen LogP contribution in [0.25, 0.3) is 11.6 Å². The van der Waals surface area contributed by atoms with Crippen molar-refractivity contribution in [3.63, 3.8) is 0 Å². The fourth-order valence-corrected chi connectivity index (χ4v) is 1.89. The molecule has 2 rings (SSSR count). The highest BCUT2D eigenvalue weighted by molar-refractivity contribution is 6.26. The van der Waals surface area contributed by atoms with Crippen LogP contribution in [0.4, 0.5) is 0 Å². The van der Waals surface area contributed by atoms with Crippen molar-refractivity contribution >= 4 is 17.4 Å². The van der Waals surface area contributed by atoms with E-state index in [0.29, 0.717) is 5.71 Å². The Hall–Kier alpha value is -2.42. The molecule has 0 spiro atoms. The number of hydrogen-bond acceptors (Lipinski definition) is 3. The third-order valence-corrected chi connectivity index (χ3v) is 2.89. The van der Waals surface area contributed by atoms with Gasteiger partial charge < -0.3 is 5.21 Å². The van der Waals surface area contributed by atoms with Gasteiger partial charge in [0.15, 0.2) is 0 Å². The molecule has 0 bridgehead atoms. The van der Waals surface area contributed by atoms with E-state index in [1.165, 1.54) is 5.56 Å². The van der Waals surface area contributed by atoms with Gasteiger partial charge in [0.05, 0.1) is 5.71 Å². The molecule has 0 radical (unpaired) electrons.